The molecule has 1 aromatic rings. The molecule has 0 spiro atoms. The third-order valence-corrected chi connectivity index (χ3v) is 4.58. The van der Waals surface area contributed by atoms with Crippen LogP contribution in [0.15, 0.2) is 9.72 Å². The lowest BCUT2D eigenvalue weighted by Crippen LogP contribution is -2.33. The number of nitrogens with two attached hydrogens (primary N) is 1. The smallest absolute Gasteiger partial charge is 0.268 e. The molecule has 100 valence electrons. The number of nitrogens with zero attached hydrogens (tertiary/aromatic N) is 1. The van der Waals surface area contributed by atoms with Gasteiger partial charge in [-0.05, 0) is 0 Å². The molecule has 9 heteroatoms. The zero-order valence-electron chi connectivity index (χ0n) is 9.09. The molecule has 2 heterocycles. The van der Waals surface area contributed by atoms with Crippen LogP contribution in [0.2, 0.25) is 0 Å². The second-order valence-corrected chi connectivity index (χ2v) is 5.89. The summed E-state index contributed by atoms with van der Waals surface area (Å²) in [7, 11) is 0. The normalized spacial score (nSPS) is 31.7. The third-order valence-electron chi connectivity index (χ3n) is 2.45. The van der Waals surface area contributed by atoms with Gasteiger partial charge in [-0.3, -0.25) is 4.79 Å². The molecule has 1 aliphatic heterocycles. The van der Waals surface area contributed by atoms with E-state index in [-0.39, 0.29) is 12.3 Å². The Bertz CT molecular complexity index is 440. The number of rotatable bonds is 4. The Kier molecular flexibility index (Phi) is 4.20. The molecule has 7 nitrogen and oxygen atoms in total. The van der Waals surface area contributed by atoms with Crippen molar-refractivity contribution in [2.24, 2.45) is 5.73 Å². The van der Waals surface area contributed by atoms with Gasteiger partial charge in [-0.1, -0.05) is 11.8 Å². The molecule has 1 aromatic heterocycles. The minimum Gasteiger partial charge on any atom is -0.394 e. The van der Waals surface area contributed by atoms with Crippen LogP contribution in [0.3, 0.4) is 0 Å². The number of ether oxygens (including phenoxy) is 1. The SMILES string of the molecule is NC(=O)c1csc(S[C@@H]2O[C@H](CO)[C@@H](O)[C@H]2O)n1. The minimum atomic E-state index is -1.14. The molecule has 1 saturated heterocycles. The molecule has 2 rings (SSSR count). The van der Waals surface area contributed by atoms with Crippen LogP contribution in [0.5, 0.6) is 0 Å². The van der Waals surface area contributed by atoms with Gasteiger partial charge in [-0.15, -0.1) is 11.3 Å². The lowest BCUT2D eigenvalue weighted by molar-refractivity contribution is -0.00808. The lowest BCUT2D eigenvalue weighted by atomic mass is 10.2. The standard InChI is InChI=1S/C9H12N2O5S2/c10-7(15)3-2-17-9(11-3)18-8-6(14)5(13)4(1-12)16-8/h2,4-6,8,12-14H,1H2,(H2,10,15)/t4-,5-,6-,8+/m1/s1. The largest absolute Gasteiger partial charge is 0.394 e. The van der Waals surface area contributed by atoms with E-state index in [4.69, 9.17) is 15.6 Å². The van der Waals surface area contributed by atoms with E-state index in [0.29, 0.717) is 4.34 Å². The zero-order valence-corrected chi connectivity index (χ0v) is 10.7. The van der Waals surface area contributed by atoms with Crippen LogP contribution >= 0.6 is 23.1 Å². The predicted molar refractivity (Wildman–Crippen MR) is 64.2 cm³/mol. The van der Waals surface area contributed by atoms with Crippen LogP contribution in [0.1, 0.15) is 10.5 Å². The fourth-order valence-corrected chi connectivity index (χ4v) is 3.52. The average Bonchev–Trinajstić information content (AvgIpc) is 2.90. The number of primary amides is 1. The van der Waals surface area contributed by atoms with Crippen LogP contribution in [0, 0.1) is 0 Å². The van der Waals surface area contributed by atoms with Crippen molar-refractivity contribution in [2.75, 3.05) is 6.61 Å². The number of thiazole rings is 1. The van der Waals surface area contributed by atoms with Crippen molar-refractivity contribution in [2.45, 2.75) is 28.1 Å². The molecule has 0 bridgehead atoms. The van der Waals surface area contributed by atoms with Crippen LogP contribution in [-0.4, -0.2) is 56.6 Å². The molecule has 1 amide bonds. The highest BCUT2D eigenvalue weighted by Gasteiger charge is 2.43. The fraction of sp³-hybridized carbons (Fsp3) is 0.556. The Balaban J connectivity index is 2.03. The predicted octanol–water partition coefficient (Wildman–Crippen LogP) is -1.23. The maximum Gasteiger partial charge on any atom is 0.268 e. The van der Waals surface area contributed by atoms with Crippen molar-refractivity contribution in [3.63, 3.8) is 0 Å². The highest BCUT2D eigenvalue weighted by atomic mass is 32.2. The fourth-order valence-electron chi connectivity index (χ4n) is 1.49. The summed E-state index contributed by atoms with van der Waals surface area (Å²) in [6, 6.07) is 0. The quantitative estimate of drug-likeness (QED) is 0.547. The summed E-state index contributed by atoms with van der Waals surface area (Å²) in [5, 5.41) is 29.7. The molecule has 1 fully saturated rings. The van der Waals surface area contributed by atoms with Crippen molar-refractivity contribution in [1.82, 2.24) is 4.98 Å². The molecule has 18 heavy (non-hydrogen) atoms. The van der Waals surface area contributed by atoms with Crippen molar-refractivity contribution >= 4 is 29.0 Å². The Hall–Kier alpha value is -0.710. The van der Waals surface area contributed by atoms with Gasteiger partial charge in [0.05, 0.1) is 6.61 Å². The van der Waals surface area contributed by atoms with Gasteiger partial charge in [0.1, 0.15) is 29.4 Å². The summed E-state index contributed by atoms with van der Waals surface area (Å²) in [5.74, 6) is -0.626. The van der Waals surface area contributed by atoms with Gasteiger partial charge in [0, 0.05) is 5.38 Å². The number of thioether (sulfide) groups is 1. The molecule has 0 radical (unpaired) electrons. The van der Waals surface area contributed by atoms with E-state index in [2.05, 4.69) is 4.98 Å². The second kappa shape index (κ2) is 5.51. The Labute approximate surface area is 111 Å². The summed E-state index contributed by atoms with van der Waals surface area (Å²) in [5.41, 5.74) is 4.49. The summed E-state index contributed by atoms with van der Waals surface area (Å²) < 4.78 is 5.77. The maximum absolute atomic E-state index is 10.9. The molecule has 0 aliphatic carbocycles. The van der Waals surface area contributed by atoms with Crippen LogP contribution in [-0.2, 0) is 4.74 Å². The first kappa shape index (κ1) is 13.7. The summed E-state index contributed by atoms with van der Waals surface area (Å²) >= 11 is 2.27. The van der Waals surface area contributed by atoms with Crippen LogP contribution < -0.4 is 5.73 Å². The van der Waals surface area contributed by atoms with E-state index in [1.807, 2.05) is 0 Å². The molecule has 0 unspecified atom stereocenters. The molecule has 5 N–H and O–H groups in total. The number of aliphatic hydroxyl groups excluding tert-OH is 3. The van der Waals surface area contributed by atoms with Gasteiger partial charge in [-0.25, -0.2) is 4.98 Å². The number of aliphatic hydroxyl groups is 3. The van der Waals surface area contributed by atoms with E-state index in [1.165, 1.54) is 16.7 Å². The van der Waals surface area contributed by atoms with Gasteiger partial charge < -0.3 is 25.8 Å². The highest BCUT2D eigenvalue weighted by Crippen LogP contribution is 2.35. The lowest BCUT2D eigenvalue weighted by Gasteiger charge is -2.11. The van der Waals surface area contributed by atoms with Crippen LogP contribution in [0.25, 0.3) is 0 Å². The zero-order chi connectivity index (χ0) is 13.3. The van der Waals surface area contributed by atoms with E-state index < -0.39 is 29.7 Å². The van der Waals surface area contributed by atoms with E-state index in [1.54, 1.807) is 0 Å². The number of amides is 1. The number of hydrogen-bond donors (Lipinski definition) is 4. The summed E-state index contributed by atoms with van der Waals surface area (Å²) in [6.45, 7) is -0.375. The van der Waals surface area contributed by atoms with E-state index >= 15 is 0 Å². The number of carbonyl (C=O) groups excluding carboxylic acids is 1. The first-order valence-corrected chi connectivity index (χ1v) is 6.83. The van der Waals surface area contributed by atoms with Gasteiger partial charge in [-0.2, -0.15) is 0 Å². The Morgan fingerprint density at radius 3 is 2.78 bits per heavy atom. The Morgan fingerprint density at radius 2 is 2.28 bits per heavy atom. The Morgan fingerprint density at radius 1 is 1.56 bits per heavy atom. The summed E-state index contributed by atoms with van der Waals surface area (Å²) in [4.78, 5) is 14.8. The molecule has 1 aliphatic rings. The topological polar surface area (TPSA) is 126 Å². The first-order chi connectivity index (χ1) is 8.52. The molecular formula is C9H12N2O5S2. The average molecular weight is 292 g/mol. The van der Waals surface area contributed by atoms with Crippen molar-refractivity contribution in [3.8, 4) is 0 Å². The number of carbonyl (C=O) groups is 1. The highest BCUT2D eigenvalue weighted by molar-refractivity contribution is 8.01. The van der Waals surface area contributed by atoms with Gasteiger partial charge in [0.2, 0.25) is 0 Å². The first-order valence-electron chi connectivity index (χ1n) is 5.07. The second-order valence-electron chi connectivity index (χ2n) is 3.69. The van der Waals surface area contributed by atoms with Crippen LogP contribution in [0.4, 0.5) is 0 Å². The summed E-state index contributed by atoms with van der Waals surface area (Å²) in [6.07, 6.45) is -3.07. The minimum absolute atomic E-state index is 0.147. The maximum atomic E-state index is 10.9. The molecule has 0 saturated carbocycles. The van der Waals surface area contributed by atoms with E-state index in [9.17, 15) is 15.0 Å². The number of hydrogen-bond acceptors (Lipinski definition) is 8. The van der Waals surface area contributed by atoms with E-state index in [0.717, 1.165) is 11.8 Å². The van der Waals surface area contributed by atoms with Gasteiger partial charge in [0.25, 0.3) is 5.91 Å². The van der Waals surface area contributed by atoms with Gasteiger partial charge >= 0.3 is 0 Å². The van der Waals surface area contributed by atoms with Crippen molar-refractivity contribution in [3.05, 3.63) is 11.1 Å². The monoisotopic (exact) mass is 292 g/mol. The van der Waals surface area contributed by atoms with Gasteiger partial charge in [0.15, 0.2) is 4.34 Å². The molecular weight excluding hydrogens is 280 g/mol. The van der Waals surface area contributed by atoms with Crippen molar-refractivity contribution < 1.29 is 24.9 Å². The number of aromatic nitrogens is 1. The third kappa shape index (κ3) is 2.66. The molecule has 4 atom stereocenters. The molecule has 0 aromatic carbocycles. The van der Waals surface area contributed by atoms with Crippen molar-refractivity contribution in [1.29, 1.82) is 0 Å².